The summed E-state index contributed by atoms with van der Waals surface area (Å²) in [6, 6.07) is 5.24. The zero-order valence-electron chi connectivity index (χ0n) is 9.03. The number of aryl methyl sites for hydroxylation is 1. The summed E-state index contributed by atoms with van der Waals surface area (Å²) < 4.78 is 0.784. The Labute approximate surface area is 111 Å². The van der Waals surface area contributed by atoms with Gasteiger partial charge in [0.15, 0.2) is 0 Å². The number of nitrogens with two attached hydrogens (primary N) is 1. The van der Waals surface area contributed by atoms with Gasteiger partial charge in [0.25, 0.3) is 5.91 Å². The SMILES string of the molecule is Cc1nc(C(=O)Nc2cc(N)ccc2Br)cs1. The third-order valence-corrected chi connectivity index (χ3v) is 3.56. The van der Waals surface area contributed by atoms with Crippen molar-refractivity contribution in [2.24, 2.45) is 0 Å². The van der Waals surface area contributed by atoms with Crippen molar-refractivity contribution in [1.82, 2.24) is 4.98 Å². The van der Waals surface area contributed by atoms with Crippen LogP contribution >= 0.6 is 27.3 Å². The smallest absolute Gasteiger partial charge is 0.275 e. The summed E-state index contributed by atoms with van der Waals surface area (Å²) in [5.74, 6) is -0.236. The Hall–Kier alpha value is -1.40. The fourth-order valence-electron chi connectivity index (χ4n) is 1.29. The number of nitrogens with one attached hydrogen (secondary N) is 1. The van der Waals surface area contributed by atoms with Gasteiger partial charge in [-0.05, 0) is 41.1 Å². The van der Waals surface area contributed by atoms with Crippen molar-refractivity contribution in [3.8, 4) is 0 Å². The van der Waals surface area contributed by atoms with E-state index in [1.54, 1.807) is 23.6 Å². The molecule has 0 unspecified atom stereocenters. The normalized spacial score (nSPS) is 10.2. The lowest BCUT2D eigenvalue weighted by Crippen LogP contribution is -2.12. The highest BCUT2D eigenvalue weighted by atomic mass is 79.9. The molecular formula is C11H10BrN3OS. The van der Waals surface area contributed by atoms with Crippen LogP contribution in [0.1, 0.15) is 15.5 Å². The zero-order valence-corrected chi connectivity index (χ0v) is 11.4. The summed E-state index contributed by atoms with van der Waals surface area (Å²) >= 11 is 4.79. The highest BCUT2D eigenvalue weighted by Crippen LogP contribution is 2.25. The first-order chi connectivity index (χ1) is 8.06. The van der Waals surface area contributed by atoms with Gasteiger partial charge in [0.05, 0.1) is 10.7 Å². The van der Waals surface area contributed by atoms with E-state index >= 15 is 0 Å². The van der Waals surface area contributed by atoms with E-state index in [4.69, 9.17) is 5.73 Å². The van der Waals surface area contributed by atoms with Crippen LogP contribution in [-0.2, 0) is 0 Å². The van der Waals surface area contributed by atoms with Crippen molar-refractivity contribution in [2.75, 3.05) is 11.1 Å². The predicted octanol–water partition coefficient (Wildman–Crippen LogP) is 3.05. The molecule has 88 valence electrons. The summed E-state index contributed by atoms with van der Waals surface area (Å²) in [6.07, 6.45) is 0. The second-order valence-electron chi connectivity index (χ2n) is 3.45. The molecule has 2 aromatic rings. The molecule has 4 nitrogen and oxygen atoms in total. The molecule has 0 aliphatic rings. The van der Waals surface area contributed by atoms with E-state index in [-0.39, 0.29) is 5.91 Å². The van der Waals surface area contributed by atoms with Crippen molar-refractivity contribution < 1.29 is 4.79 Å². The number of carbonyl (C=O) groups excluding carboxylic acids is 1. The second kappa shape index (κ2) is 4.85. The molecule has 0 atom stereocenters. The molecule has 0 spiro atoms. The number of nitrogens with zero attached hydrogens (tertiary/aromatic N) is 1. The standard InChI is InChI=1S/C11H10BrN3OS/c1-6-14-10(5-17-6)11(16)15-9-4-7(13)2-3-8(9)12/h2-5H,13H2,1H3,(H,15,16). The highest BCUT2D eigenvalue weighted by Gasteiger charge is 2.11. The maximum Gasteiger partial charge on any atom is 0.275 e. The summed E-state index contributed by atoms with van der Waals surface area (Å²) in [5.41, 5.74) is 7.31. The van der Waals surface area contributed by atoms with E-state index in [1.165, 1.54) is 11.3 Å². The topological polar surface area (TPSA) is 68.0 Å². The molecule has 1 heterocycles. The molecule has 0 fully saturated rings. The molecule has 1 aromatic carbocycles. The molecule has 0 radical (unpaired) electrons. The van der Waals surface area contributed by atoms with Gasteiger partial charge in [-0.3, -0.25) is 4.79 Å². The number of amides is 1. The van der Waals surface area contributed by atoms with Gasteiger partial charge in [-0.2, -0.15) is 0 Å². The molecule has 0 saturated heterocycles. The van der Waals surface area contributed by atoms with Crippen molar-refractivity contribution >= 4 is 44.5 Å². The minimum Gasteiger partial charge on any atom is -0.399 e. The van der Waals surface area contributed by atoms with Crippen LogP contribution in [0.2, 0.25) is 0 Å². The van der Waals surface area contributed by atoms with Gasteiger partial charge in [-0.25, -0.2) is 4.98 Å². The van der Waals surface area contributed by atoms with Crippen molar-refractivity contribution in [3.63, 3.8) is 0 Å². The molecule has 1 amide bonds. The Balaban J connectivity index is 2.21. The minimum atomic E-state index is -0.236. The lowest BCUT2D eigenvalue weighted by Gasteiger charge is -2.06. The fraction of sp³-hybridized carbons (Fsp3) is 0.0909. The third kappa shape index (κ3) is 2.83. The molecule has 6 heteroatoms. The number of hydrogen-bond acceptors (Lipinski definition) is 4. The minimum absolute atomic E-state index is 0.236. The van der Waals surface area contributed by atoms with E-state index in [1.807, 2.05) is 6.92 Å². The van der Waals surface area contributed by atoms with E-state index in [0.29, 0.717) is 17.1 Å². The molecule has 0 aliphatic carbocycles. The van der Waals surface area contributed by atoms with Gasteiger partial charge in [-0.1, -0.05) is 0 Å². The summed E-state index contributed by atoms with van der Waals surface area (Å²) in [4.78, 5) is 16.0. The van der Waals surface area contributed by atoms with Crippen molar-refractivity contribution in [3.05, 3.63) is 38.8 Å². The lowest BCUT2D eigenvalue weighted by molar-refractivity contribution is 0.102. The van der Waals surface area contributed by atoms with E-state index in [2.05, 4.69) is 26.2 Å². The predicted molar refractivity (Wildman–Crippen MR) is 73.4 cm³/mol. The monoisotopic (exact) mass is 311 g/mol. The van der Waals surface area contributed by atoms with Gasteiger partial charge in [0.2, 0.25) is 0 Å². The first-order valence-corrected chi connectivity index (χ1v) is 6.52. The van der Waals surface area contributed by atoms with Crippen LogP contribution in [0.15, 0.2) is 28.1 Å². The Bertz CT molecular complexity index is 568. The quantitative estimate of drug-likeness (QED) is 0.838. The lowest BCUT2D eigenvalue weighted by atomic mass is 10.3. The van der Waals surface area contributed by atoms with Crippen LogP contribution in [-0.4, -0.2) is 10.9 Å². The van der Waals surface area contributed by atoms with Crippen LogP contribution in [0.5, 0.6) is 0 Å². The number of nitrogen functional groups attached to an aromatic ring is 1. The van der Waals surface area contributed by atoms with Crippen LogP contribution in [0, 0.1) is 6.92 Å². The number of thiazole rings is 1. The molecule has 0 saturated carbocycles. The number of rotatable bonds is 2. The molecule has 1 aromatic heterocycles. The molecule has 2 rings (SSSR count). The van der Waals surface area contributed by atoms with Gasteiger partial charge in [0.1, 0.15) is 5.69 Å². The largest absolute Gasteiger partial charge is 0.399 e. The molecule has 3 N–H and O–H groups in total. The first kappa shape index (κ1) is 12.1. The van der Waals surface area contributed by atoms with Gasteiger partial charge < -0.3 is 11.1 Å². The van der Waals surface area contributed by atoms with Crippen molar-refractivity contribution in [1.29, 1.82) is 0 Å². The average molecular weight is 312 g/mol. The first-order valence-electron chi connectivity index (χ1n) is 4.85. The number of halogens is 1. The molecular weight excluding hydrogens is 302 g/mol. The van der Waals surface area contributed by atoms with E-state index in [0.717, 1.165) is 9.48 Å². The Morgan fingerprint density at radius 2 is 2.29 bits per heavy atom. The summed E-state index contributed by atoms with van der Waals surface area (Å²) in [5, 5.41) is 5.35. The van der Waals surface area contributed by atoms with Crippen LogP contribution < -0.4 is 11.1 Å². The number of aromatic nitrogens is 1. The highest BCUT2D eigenvalue weighted by molar-refractivity contribution is 9.10. The molecule has 17 heavy (non-hydrogen) atoms. The Kier molecular flexibility index (Phi) is 3.44. The van der Waals surface area contributed by atoms with Gasteiger partial charge in [0, 0.05) is 15.5 Å². The van der Waals surface area contributed by atoms with Gasteiger partial charge in [-0.15, -0.1) is 11.3 Å². The van der Waals surface area contributed by atoms with Crippen LogP contribution in [0.4, 0.5) is 11.4 Å². The number of hydrogen-bond donors (Lipinski definition) is 2. The summed E-state index contributed by atoms with van der Waals surface area (Å²) in [7, 11) is 0. The molecule has 0 aliphatic heterocycles. The van der Waals surface area contributed by atoms with Crippen LogP contribution in [0.25, 0.3) is 0 Å². The van der Waals surface area contributed by atoms with Gasteiger partial charge >= 0.3 is 0 Å². The number of carbonyl (C=O) groups is 1. The van der Waals surface area contributed by atoms with Crippen molar-refractivity contribution in [2.45, 2.75) is 6.92 Å². The average Bonchev–Trinajstić information content (AvgIpc) is 2.70. The van der Waals surface area contributed by atoms with Crippen LogP contribution in [0.3, 0.4) is 0 Å². The number of benzene rings is 1. The maximum absolute atomic E-state index is 11.9. The Morgan fingerprint density at radius 1 is 1.53 bits per heavy atom. The Morgan fingerprint density at radius 3 is 2.94 bits per heavy atom. The number of anilines is 2. The van der Waals surface area contributed by atoms with E-state index < -0.39 is 0 Å². The maximum atomic E-state index is 11.9. The fourth-order valence-corrected chi connectivity index (χ4v) is 2.23. The van der Waals surface area contributed by atoms with E-state index in [9.17, 15) is 4.79 Å². The second-order valence-corrected chi connectivity index (χ2v) is 5.36. The summed E-state index contributed by atoms with van der Waals surface area (Å²) in [6.45, 7) is 1.86. The zero-order chi connectivity index (χ0) is 12.4. The third-order valence-electron chi connectivity index (χ3n) is 2.09. The molecule has 0 bridgehead atoms.